The molecule has 1 rings (SSSR count). The zero-order chi connectivity index (χ0) is 10.6. The standard InChI is InChI=1S/C13H21N/c1-5-7-12-8-13(10(3)4)14-9-11(12)6-2/h5-7,10,13-14H,1,8-9H2,2-4H3/b11-6-,12-7-. The quantitative estimate of drug-likeness (QED) is 0.707. The van der Waals surface area contributed by atoms with Gasteiger partial charge in [-0.1, -0.05) is 38.7 Å². The van der Waals surface area contributed by atoms with E-state index >= 15 is 0 Å². The van der Waals surface area contributed by atoms with E-state index < -0.39 is 0 Å². The van der Waals surface area contributed by atoms with Gasteiger partial charge in [-0.05, 0) is 30.4 Å². The average Bonchev–Trinajstić information content (AvgIpc) is 2.18. The Morgan fingerprint density at radius 3 is 2.64 bits per heavy atom. The highest BCUT2D eigenvalue weighted by Gasteiger charge is 2.21. The smallest absolute Gasteiger partial charge is 0.0207 e. The second kappa shape index (κ2) is 5.16. The summed E-state index contributed by atoms with van der Waals surface area (Å²) < 4.78 is 0. The van der Waals surface area contributed by atoms with E-state index in [2.05, 4.69) is 44.8 Å². The van der Waals surface area contributed by atoms with Crippen molar-refractivity contribution in [2.45, 2.75) is 33.2 Å². The van der Waals surface area contributed by atoms with E-state index in [-0.39, 0.29) is 0 Å². The summed E-state index contributed by atoms with van der Waals surface area (Å²) in [5, 5.41) is 3.56. The minimum atomic E-state index is 0.616. The Hall–Kier alpha value is -0.820. The van der Waals surface area contributed by atoms with Crippen LogP contribution >= 0.6 is 0 Å². The molecule has 1 aliphatic heterocycles. The molecule has 1 saturated heterocycles. The third-order valence-corrected chi connectivity index (χ3v) is 2.88. The Morgan fingerprint density at radius 2 is 2.14 bits per heavy atom. The maximum atomic E-state index is 3.77. The van der Waals surface area contributed by atoms with Crippen LogP contribution in [0.5, 0.6) is 0 Å². The minimum Gasteiger partial charge on any atom is -0.309 e. The van der Waals surface area contributed by atoms with Gasteiger partial charge in [-0.3, -0.25) is 0 Å². The van der Waals surface area contributed by atoms with Gasteiger partial charge in [0.15, 0.2) is 0 Å². The van der Waals surface area contributed by atoms with Crippen molar-refractivity contribution in [3.63, 3.8) is 0 Å². The molecule has 1 aliphatic rings. The number of rotatable bonds is 2. The lowest BCUT2D eigenvalue weighted by atomic mass is 9.88. The minimum absolute atomic E-state index is 0.616. The van der Waals surface area contributed by atoms with Gasteiger partial charge in [0.1, 0.15) is 0 Å². The van der Waals surface area contributed by atoms with Crippen LogP contribution in [0.15, 0.2) is 36.0 Å². The second-order valence-electron chi connectivity index (χ2n) is 4.18. The van der Waals surface area contributed by atoms with E-state index in [4.69, 9.17) is 0 Å². The monoisotopic (exact) mass is 191 g/mol. The molecule has 78 valence electrons. The summed E-state index contributed by atoms with van der Waals surface area (Å²) in [6.07, 6.45) is 7.36. The third-order valence-electron chi connectivity index (χ3n) is 2.88. The van der Waals surface area contributed by atoms with Crippen LogP contribution in [0.3, 0.4) is 0 Å². The number of hydrogen-bond donors (Lipinski definition) is 1. The van der Waals surface area contributed by atoms with Crippen molar-refractivity contribution in [3.8, 4) is 0 Å². The van der Waals surface area contributed by atoms with E-state index in [0.717, 1.165) is 13.0 Å². The van der Waals surface area contributed by atoms with E-state index in [1.165, 1.54) is 11.1 Å². The third kappa shape index (κ3) is 2.58. The molecular formula is C13H21N. The van der Waals surface area contributed by atoms with E-state index in [9.17, 15) is 0 Å². The summed E-state index contributed by atoms with van der Waals surface area (Å²) in [6, 6.07) is 0.616. The van der Waals surface area contributed by atoms with Crippen LogP contribution in [0.2, 0.25) is 0 Å². The molecule has 0 spiro atoms. The molecule has 1 fully saturated rings. The van der Waals surface area contributed by atoms with Crippen LogP contribution in [-0.4, -0.2) is 12.6 Å². The SMILES string of the molecule is C=C/C=C1/CC(C(C)C)NC/C1=C/C. The predicted octanol–water partition coefficient (Wildman–Crippen LogP) is 3.06. The Bertz CT molecular complexity index is 258. The van der Waals surface area contributed by atoms with E-state index in [1.54, 1.807) is 0 Å². The molecule has 14 heavy (non-hydrogen) atoms. The summed E-state index contributed by atoms with van der Waals surface area (Å²) in [5.74, 6) is 0.696. The summed E-state index contributed by atoms with van der Waals surface area (Å²) in [6.45, 7) is 11.4. The summed E-state index contributed by atoms with van der Waals surface area (Å²) >= 11 is 0. The molecule has 1 heteroatoms. The summed E-state index contributed by atoms with van der Waals surface area (Å²) in [7, 11) is 0. The molecule has 0 bridgehead atoms. The van der Waals surface area contributed by atoms with Crippen LogP contribution in [0.1, 0.15) is 27.2 Å². The van der Waals surface area contributed by atoms with Crippen molar-refractivity contribution in [2.24, 2.45) is 5.92 Å². The summed E-state index contributed by atoms with van der Waals surface area (Å²) in [5.41, 5.74) is 2.86. The van der Waals surface area contributed by atoms with Crippen LogP contribution in [0.4, 0.5) is 0 Å². The van der Waals surface area contributed by atoms with Gasteiger partial charge in [0, 0.05) is 12.6 Å². The molecular weight excluding hydrogens is 170 g/mol. The van der Waals surface area contributed by atoms with Crippen LogP contribution in [0, 0.1) is 5.92 Å². The first-order valence-electron chi connectivity index (χ1n) is 5.39. The van der Waals surface area contributed by atoms with E-state index in [1.807, 2.05) is 6.08 Å². The second-order valence-corrected chi connectivity index (χ2v) is 4.18. The van der Waals surface area contributed by atoms with Crippen molar-refractivity contribution in [3.05, 3.63) is 36.0 Å². The van der Waals surface area contributed by atoms with Gasteiger partial charge < -0.3 is 5.32 Å². The van der Waals surface area contributed by atoms with Crippen molar-refractivity contribution >= 4 is 0 Å². The molecule has 1 heterocycles. The van der Waals surface area contributed by atoms with Crippen molar-refractivity contribution < 1.29 is 0 Å². The van der Waals surface area contributed by atoms with Crippen molar-refractivity contribution in [1.29, 1.82) is 0 Å². The lowest BCUT2D eigenvalue weighted by molar-refractivity contribution is 0.392. The fourth-order valence-corrected chi connectivity index (χ4v) is 1.87. The van der Waals surface area contributed by atoms with Crippen LogP contribution in [-0.2, 0) is 0 Å². The molecule has 1 nitrogen and oxygen atoms in total. The Kier molecular flexibility index (Phi) is 4.15. The molecule has 0 amide bonds. The predicted molar refractivity (Wildman–Crippen MR) is 63.3 cm³/mol. The fourth-order valence-electron chi connectivity index (χ4n) is 1.87. The fraction of sp³-hybridized carbons (Fsp3) is 0.538. The number of hydrogen-bond acceptors (Lipinski definition) is 1. The van der Waals surface area contributed by atoms with Crippen LogP contribution < -0.4 is 5.32 Å². The molecule has 0 radical (unpaired) electrons. The first-order chi connectivity index (χ1) is 6.69. The van der Waals surface area contributed by atoms with Gasteiger partial charge >= 0.3 is 0 Å². The molecule has 0 aromatic carbocycles. The lowest BCUT2D eigenvalue weighted by Gasteiger charge is -2.30. The Balaban J connectivity index is 2.77. The number of nitrogens with one attached hydrogen (secondary N) is 1. The maximum Gasteiger partial charge on any atom is 0.0207 e. The summed E-state index contributed by atoms with van der Waals surface area (Å²) in [4.78, 5) is 0. The number of piperidine rings is 1. The molecule has 1 unspecified atom stereocenters. The first-order valence-corrected chi connectivity index (χ1v) is 5.39. The van der Waals surface area contributed by atoms with Gasteiger partial charge in [-0.15, -0.1) is 0 Å². The Labute approximate surface area is 87.6 Å². The lowest BCUT2D eigenvalue weighted by Crippen LogP contribution is -2.39. The molecule has 1 N–H and O–H groups in total. The van der Waals surface area contributed by atoms with Gasteiger partial charge in [0.2, 0.25) is 0 Å². The normalized spacial score (nSPS) is 28.7. The highest BCUT2D eigenvalue weighted by atomic mass is 14.9. The van der Waals surface area contributed by atoms with Gasteiger partial charge in [-0.2, -0.15) is 0 Å². The topological polar surface area (TPSA) is 12.0 Å². The molecule has 1 atom stereocenters. The molecule has 0 aromatic heterocycles. The van der Waals surface area contributed by atoms with Crippen molar-refractivity contribution in [2.75, 3.05) is 6.54 Å². The molecule has 0 aromatic rings. The van der Waals surface area contributed by atoms with Gasteiger partial charge in [0.05, 0.1) is 0 Å². The molecule has 0 aliphatic carbocycles. The number of allylic oxidation sites excluding steroid dienone is 3. The maximum absolute atomic E-state index is 3.77. The Morgan fingerprint density at radius 1 is 1.43 bits per heavy atom. The van der Waals surface area contributed by atoms with Gasteiger partial charge in [-0.25, -0.2) is 0 Å². The first kappa shape index (κ1) is 11.3. The van der Waals surface area contributed by atoms with Gasteiger partial charge in [0.25, 0.3) is 0 Å². The zero-order valence-electron chi connectivity index (χ0n) is 9.51. The zero-order valence-corrected chi connectivity index (χ0v) is 9.51. The largest absolute Gasteiger partial charge is 0.309 e. The highest BCUT2D eigenvalue weighted by molar-refractivity contribution is 5.37. The molecule has 0 saturated carbocycles. The van der Waals surface area contributed by atoms with Crippen molar-refractivity contribution in [1.82, 2.24) is 5.32 Å². The van der Waals surface area contributed by atoms with E-state index in [0.29, 0.717) is 12.0 Å². The average molecular weight is 191 g/mol. The highest BCUT2D eigenvalue weighted by Crippen LogP contribution is 2.24. The van der Waals surface area contributed by atoms with Crippen LogP contribution in [0.25, 0.3) is 0 Å².